The predicted molar refractivity (Wildman–Crippen MR) is 89.2 cm³/mol. The van der Waals surface area contributed by atoms with Crippen molar-refractivity contribution in [2.45, 2.75) is 0 Å². The number of rotatable bonds is 2. The molecule has 0 saturated heterocycles. The standard InChI is InChI=1S/C14H10Cl3N3O3/c15-9-5-11(17)12(6-10(9)16)18-14(23)20-19-13(22)7-1-3-8(21)4-2-7/h1-6,21H,(H,19,22)(H2,18,20,23). The van der Waals surface area contributed by atoms with E-state index in [4.69, 9.17) is 39.9 Å². The minimum Gasteiger partial charge on any atom is -0.508 e. The molecule has 0 radical (unpaired) electrons. The Kier molecular flexibility index (Phi) is 5.54. The molecule has 0 aliphatic rings. The predicted octanol–water partition coefficient (Wildman–Crippen LogP) is 3.82. The summed E-state index contributed by atoms with van der Waals surface area (Å²) in [6.07, 6.45) is 0. The lowest BCUT2D eigenvalue weighted by molar-refractivity contribution is 0.0938. The van der Waals surface area contributed by atoms with Crippen LogP contribution in [0.2, 0.25) is 15.1 Å². The summed E-state index contributed by atoms with van der Waals surface area (Å²) in [5, 5.41) is 12.2. The molecule has 0 atom stereocenters. The first kappa shape index (κ1) is 17.2. The lowest BCUT2D eigenvalue weighted by Crippen LogP contribution is -2.43. The van der Waals surface area contributed by atoms with Crippen LogP contribution < -0.4 is 16.2 Å². The number of halogens is 3. The SMILES string of the molecule is O=C(NNC(=O)c1ccc(O)cc1)Nc1cc(Cl)c(Cl)cc1Cl. The average molecular weight is 375 g/mol. The molecular weight excluding hydrogens is 365 g/mol. The lowest BCUT2D eigenvalue weighted by atomic mass is 10.2. The number of anilines is 1. The summed E-state index contributed by atoms with van der Waals surface area (Å²) in [5.41, 5.74) is 4.85. The van der Waals surface area contributed by atoms with E-state index in [0.29, 0.717) is 0 Å². The molecule has 0 bridgehead atoms. The van der Waals surface area contributed by atoms with E-state index >= 15 is 0 Å². The van der Waals surface area contributed by atoms with Gasteiger partial charge in [0.25, 0.3) is 5.91 Å². The number of phenols is 1. The number of nitrogens with one attached hydrogen (secondary N) is 3. The van der Waals surface area contributed by atoms with Crippen LogP contribution in [0.1, 0.15) is 10.4 Å². The molecule has 9 heteroatoms. The molecule has 0 aliphatic heterocycles. The Bertz CT molecular complexity index is 751. The van der Waals surface area contributed by atoms with Gasteiger partial charge >= 0.3 is 6.03 Å². The van der Waals surface area contributed by atoms with Crippen molar-refractivity contribution in [3.63, 3.8) is 0 Å². The maximum absolute atomic E-state index is 11.8. The molecule has 120 valence electrons. The van der Waals surface area contributed by atoms with Gasteiger partial charge in [-0.1, -0.05) is 34.8 Å². The van der Waals surface area contributed by atoms with Crippen molar-refractivity contribution in [3.8, 4) is 5.75 Å². The van der Waals surface area contributed by atoms with Gasteiger partial charge in [0.05, 0.1) is 20.8 Å². The number of carbonyl (C=O) groups is 2. The molecular formula is C14H10Cl3N3O3. The maximum Gasteiger partial charge on any atom is 0.337 e. The van der Waals surface area contributed by atoms with Crippen molar-refractivity contribution >= 4 is 52.4 Å². The molecule has 0 spiro atoms. The highest BCUT2D eigenvalue weighted by molar-refractivity contribution is 6.44. The number of phenolic OH excluding ortho intramolecular Hbond substituents is 1. The molecule has 0 aliphatic carbocycles. The van der Waals surface area contributed by atoms with E-state index in [-0.39, 0.29) is 32.1 Å². The number of aromatic hydroxyl groups is 1. The fourth-order valence-electron chi connectivity index (χ4n) is 1.57. The molecule has 4 N–H and O–H groups in total. The second-order valence-corrected chi connectivity index (χ2v) is 5.55. The number of hydrogen-bond acceptors (Lipinski definition) is 3. The zero-order valence-corrected chi connectivity index (χ0v) is 13.6. The summed E-state index contributed by atoms with van der Waals surface area (Å²) in [6, 6.07) is 7.55. The molecule has 0 heterocycles. The van der Waals surface area contributed by atoms with E-state index in [1.54, 1.807) is 0 Å². The van der Waals surface area contributed by atoms with Gasteiger partial charge < -0.3 is 10.4 Å². The van der Waals surface area contributed by atoms with Crippen LogP contribution in [0.3, 0.4) is 0 Å². The van der Waals surface area contributed by atoms with Gasteiger partial charge in [-0.05, 0) is 36.4 Å². The van der Waals surface area contributed by atoms with Crippen LogP contribution in [0.25, 0.3) is 0 Å². The molecule has 0 unspecified atom stereocenters. The zero-order chi connectivity index (χ0) is 17.0. The Labute approximate surface area is 146 Å². The molecule has 0 aromatic heterocycles. The Balaban J connectivity index is 1.94. The van der Waals surface area contributed by atoms with Crippen LogP contribution in [0, 0.1) is 0 Å². The first-order chi connectivity index (χ1) is 10.9. The third-order valence-electron chi connectivity index (χ3n) is 2.68. The van der Waals surface area contributed by atoms with Crippen molar-refractivity contribution in [1.82, 2.24) is 10.9 Å². The van der Waals surface area contributed by atoms with Crippen LogP contribution >= 0.6 is 34.8 Å². The van der Waals surface area contributed by atoms with E-state index in [2.05, 4.69) is 16.2 Å². The van der Waals surface area contributed by atoms with E-state index < -0.39 is 11.9 Å². The first-order valence-corrected chi connectivity index (χ1v) is 7.31. The monoisotopic (exact) mass is 373 g/mol. The van der Waals surface area contributed by atoms with Crippen LogP contribution in [0.15, 0.2) is 36.4 Å². The Morgan fingerprint density at radius 2 is 1.48 bits per heavy atom. The fraction of sp³-hybridized carbons (Fsp3) is 0. The number of hydrazine groups is 1. The summed E-state index contributed by atoms with van der Waals surface area (Å²) < 4.78 is 0. The molecule has 2 aromatic carbocycles. The zero-order valence-electron chi connectivity index (χ0n) is 11.4. The highest BCUT2D eigenvalue weighted by Gasteiger charge is 2.11. The molecule has 0 fully saturated rings. The van der Waals surface area contributed by atoms with Gasteiger partial charge in [0.2, 0.25) is 0 Å². The molecule has 0 saturated carbocycles. The Morgan fingerprint density at radius 3 is 2.13 bits per heavy atom. The van der Waals surface area contributed by atoms with Gasteiger partial charge in [-0.25, -0.2) is 10.2 Å². The largest absolute Gasteiger partial charge is 0.508 e. The quantitative estimate of drug-likeness (QED) is 0.476. The highest BCUT2D eigenvalue weighted by Crippen LogP contribution is 2.32. The van der Waals surface area contributed by atoms with E-state index in [1.807, 2.05) is 0 Å². The number of hydrogen-bond donors (Lipinski definition) is 4. The lowest BCUT2D eigenvalue weighted by Gasteiger charge is -2.11. The normalized spacial score (nSPS) is 10.0. The van der Waals surface area contributed by atoms with Gasteiger partial charge in [0, 0.05) is 5.56 Å². The molecule has 3 amide bonds. The minimum absolute atomic E-state index is 0.0292. The summed E-state index contributed by atoms with van der Waals surface area (Å²) in [7, 11) is 0. The van der Waals surface area contributed by atoms with Crippen LogP contribution in [-0.4, -0.2) is 17.0 Å². The van der Waals surface area contributed by atoms with Crippen LogP contribution in [0.5, 0.6) is 5.75 Å². The van der Waals surface area contributed by atoms with E-state index in [1.165, 1.54) is 36.4 Å². The third kappa shape index (κ3) is 4.66. The number of urea groups is 1. The molecule has 2 rings (SSSR count). The summed E-state index contributed by atoms with van der Waals surface area (Å²) >= 11 is 17.5. The first-order valence-electron chi connectivity index (χ1n) is 6.17. The van der Waals surface area contributed by atoms with Crippen molar-refractivity contribution in [1.29, 1.82) is 0 Å². The molecule has 23 heavy (non-hydrogen) atoms. The second-order valence-electron chi connectivity index (χ2n) is 4.33. The van der Waals surface area contributed by atoms with E-state index in [9.17, 15) is 9.59 Å². The van der Waals surface area contributed by atoms with E-state index in [0.717, 1.165) is 0 Å². The van der Waals surface area contributed by atoms with Crippen LogP contribution in [-0.2, 0) is 0 Å². The van der Waals surface area contributed by atoms with Gasteiger partial charge in [-0.3, -0.25) is 10.2 Å². The molecule has 6 nitrogen and oxygen atoms in total. The Morgan fingerprint density at radius 1 is 0.870 bits per heavy atom. The fourth-order valence-corrected chi connectivity index (χ4v) is 2.16. The van der Waals surface area contributed by atoms with Crippen LogP contribution in [0.4, 0.5) is 10.5 Å². The summed E-state index contributed by atoms with van der Waals surface area (Å²) in [6.45, 7) is 0. The van der Waals surface area contributed by atoms with Gasteiger partial charge in [0.15, 0.2) is 0 Å². The average Bonchev–Trinajstić information content (AvgIpc) is 2.51. The summed E-state index contributed by atoms with van der Waals surface area (Å²) in [4.78, 5) is 23.5. The second kappa shape index (κ2) is 7.41. The topological polar surface area (TPSA) is 90.5 Å². The number of benzene rings is 2. The van der Waals surface area contributed by atoms with Crippen molar-refractivity contribution < 1.29 is 14.7 Å². The van der Waals surface area contributed by atoms with Crippen molar-refractivity contribution in [2.24, 2.45) is 0 Å². The minimum atomic E-state index is -0.725. The van der Waals surface area contributed by atoms with Crippen molar-refractivity contribution in [3.05, 3.63) is 57.0 Å². The number of carbonyl (C=O) groups excluding carboxylic acids is 2. The van der Waals surface area contributed by atoms with Crippen molar-refractivity contribution in [2.75, 3.05) is 5.32 Å². The summed E-state index contributed by atoms with van der Waals surface area (Å²) in [5.74, 6) is -0.526. The highest BCUT2D eigenvalue weighted by atomic mass is 35.5. The number of amides is 3. The molecule has 2 aromatic rings. The van der Waals surface area contributed by atoms with Gasteiger partial charge in [0.1, 0.15) is 5.75 Å². The van der Waals surface area contributed by atoms with Gasteiger partial charge in [-0.15, -0.1) is 0 Å². The third-order valence-corrected chi connectivity index (χ3v) is 3.71. The van der Waals surface area contributed by atoms with Gasteiger partial charge in [-0.2, -0.15) is 0 Å². The smallest absolute Gasteiger partial charge is 0.337 e. The Hall–Kier alpha value is -2.15. The maximum atomic E-state index is 11.8.